The van der Waals surface area contributed by atoms with E-state index in [1.807, 2.05) is 0 Å². The molecule has 1 unspecified atom stereocenters. The van der Waals surface area contributed by atoms with Crippen molar-refractivity contribution in [2.45, 2.75) is 50.0 Å². The first-order chi connectivity index (χ1) is 7.83. The molecule has 0 saturated heterocycles. The van der Waals surface area contributed by atoms with Gasteiger partial charge in [-0.3, -0.25) is 0 Å². The first-order valence-corrected chi connectivity index (χ1v) is 6.64. The van der Waals surface area contributed by atoms with Crippen LogP contribution >= 0.6 is 0 Å². The van der Waals surface area contributed by atoms with Gasteiger partial charge in [0.15, 0.2) is 0 Å². The van der Waals surface area contributed by atoms with Gasteiger partial charge in [-0.05, 0) is 37.2 Å². The third-order valence-corrected chi connectivity index (χ3v) is 4.61. The van der Waals surface area contributed by atoms with Gasteiger partial charge in [0, 0.05) is 11.5 Å². The molecular formula is C15H21N. The predicted octanol–water partition coefficient (Wildman–Crippen LogP) is 3.24. The Bertz CT molecular complexity index is 347. The molecule has 1 aromatic rings. The van der Waals surface area contributed by atoms with E-state index in [-0.39, 0.29) is 0 Å². The van der Waals surface area contributed by atoms with Gasteiger partial charge in [0.25, 0.3) is 0 Å². The first kappa shape index (κ1) is 10.3. The largest absolute Gasteiger partial charge is 0.327 e. The highest BCUT2D eigenvalue weighted by molar-refractivity contribution is 5.30. The molecule has 2 N–H and O–H groups in total. The molecule has 0 heterocycles. The Morgan fingerprint density at radius 2 is 1.69 bits per heavy atom. The number of nitrogens with two attached hydrogens (primary N) is 1. The smallest absolute Gasteiger partial charge is 0.0165 e. The second-order valence-corrected chi connectivity index (χ2v) is 5.59. The van der Waals surface area contributed by atoms with Gasteiger partial charge in [-0.1, -0.05) is 43.2 Å². The zero-order valence-corrected chi connectivity index (χ0v) is 9.86. The minimum absolute atomic E-state index is 0.308. The molecule has 1 nitrogen and oxygen atoms in total. The molecule has 16 heavy (non-hydrogen) atoms. The Labute approximate surface area is 98.0 Å². The molecule has 2 aliphatic rings. The average Bonchev–Trinajstić information content (AvgIpc) is 3.07. The van der Waals surface area contributed by atoms with E-state index in [0.29, 0.717) is 11.5 Å². The lowest BCUT2D eigenvalue weighted by molar-refractivity contribution is 0.321. The number of benzene rings is 1. The van der Waals surface area contributed by atoms with Crippen molar-refractivity contribution >= 4 is 0 Å². The van der Waals surface area contributed by atoms with Gasteiger partial charge < -0.3 is 5.73 Å². The van der Waals surface area contributed by atoms with Crippen LogP contribution in [0.15, 0.2) is 30.3 Å². The van der Waals surface area contributed by atoms with E-state index in [4.69, 9.17) is 5.73 Å². The van der Waals surface area contributed by atoms with Crippen LogP contribution in [-0.4, -0.2) is 6.04 Å². The van der Waals surface area contributed by atoms with Gasteiger partial charge in [0.2, 0.25) is 0 Å². The highest BCUT2D eigenvalue weighted by Crippen LogP contribution is 2.49. The summed E-state index contributed by atoms with van der Waals surface area (Å²) in [5, 5.41) is 0. The topological polar surface area (TPSA) is 26.0 Å². The summed E-state index contributed by atoms with van der Waals surface area (Å²) in [4.78, 5) is 0. The van der Waals surface area contributed by atoms with Crippen LogP contribution in [0.5, 0.6) is 0 Å². The SMILES string of the molecule is NC(C1CC1)C1(c2ccccc2)CCCC1. The fraction of sp³-hybridized carbons (Fsp3) is 0.600. The van der Waals surface area contributed by atoms with Gasteiger partial charge in [0.1, 0.15) is 0 Å². The highest BCUT2D eigenvalue weighted by Gasteiger charge is 2.46. The van der Waals surface area contributed by atoms with Crippen LogP contribution in [0.4, 0.5) is 0 Å². The second kappa shape index (κ2) is 3.89. The monoisotopic (exact) mass is 215 g/mol. The normalized spacial score (nSPS) is 25.6. The Balaban J connectivity index is 1.95. The van der Waals surface area contributed by atoms with Gasteiger partial charge in [-0.25, -0.2) is 0 Å². The summed E-state index contributed by atoms with van der Waals surface area (Å²) in [6.45, 7) is 0. The second-order valence-electron chi connectivity index (χ2n) is 5.59. The van der Waals surface area contributed by atoms with Crippen LogP contribution in [0.3, 0.4) is 0 Å². The van der Waals surface area contributed by atoms with E-state index in [0.717, 1.165) is 5.92 Å². The lowest BCUT2D eigenvalue weighted by atomic mass is 9.71. The lowest BCUT2D eigenvalue weighted by Crippen LogP contribution is -2.45. The van der Waals surface area contributed by atoms with Crippen molar-refractivity contribution in [3.63, 3.8) is 0 Å². The molecular weight excluding hydrogens is 194 g/mol. The molecule has 2 aliphatic carbocycles. The number of hydrogen-bond acceptors (Lipinski definition) is 1. The van der Waals surface area contributed by atoms with E-state index >= 15 is 0 Å². The molecule has 1 aromatic carbocycles. The van der Waals surface area contributed by atoms with Crippen LogP contribution in [0.25, 0.3) is 0 Å². The summed E-state index contributed by atoms with van der Waals surface area (Å²) < 4.78 is 0. The quantitative estimate of drug-likeness (QED) is 0.823. The molecule has 0 aliphatic heterocycles. The van der Waals surface area contributed by atoms with Crippen LogP contribution in [0, 0.1) is 5.92 Å². The molecule has 3 rings (SSSR count). The van der Waals surface area contributed by atoms with E-state index < -0.39 is 0 Å². The number of rotatable bonds is 3. The highest BCUT2D eigenvalue weighted by atomic mass is 14.7. The molecule has 0 radical (unpaired) electrons. The molecule has 0 spiro atoms. The summed E-state index contributed by atoms with van der Waals surface area (Å²) in [6, 6.07) is 11.4. The Morgan fingerprint density at radius 3 is 2.25 bits per heavy atom. The van der Waals surface area contributed by atoms with Gasteiger partial charge in [-0.2, -0.15) is 0 Å². The van der Waals surface area contributed by atoms with Gasteiger partial charge in [-0.15, -0.1) is 0 Å². The third kappa shape index (κ3) is 1.58. The van der Waals surface area contributed by atoms with Crippen LogP contribution in [-0.2, 0) is 5.41 Å². The van der Waals surface area contributed by atoms with Gasteiger partial charge >= 0.3 is 0 Å². The van der Waals surface area contributed by atoms with Crippen LogP contribution < -0.4 is 5.73 Å². The molecule has 2 saturated carbocycles. The molecule has 86 valence electrons. The maximum atomic E-state index is 6.55. The van der Waals surface area contributed by atoms with Crippen molar-refractivity contribution in [3.05, 3.63) is 35.9 Å². The van der Waals surface area contributed by atoms with E-state index in [9.17, 15) is 0 Å². The molecule has 0 bridgehead atoms. The minimum Gasteiger partial charge on any atom is -0.327 e. The Morgan fingerprint density at radius 1 is 1.06 bits per heavy atom. The molecule has 0 aromatic heterocycles. The zero-order chi connectivity index (χ0) is 11.0. The standard InChI is InChI=1S/C15H21N/c16-14(12-8-9-12)15(10-4-5-11-15)13-6-2-1-3-7-13/h1-3,6-7,12,14H,4-5,8-11,16H2. The number of hydrogen-bond donors (Lipinski definition) is 1. The molecule has 2 fully saturated rings. The maximum absolute atomic E-state index is 6.55. The van der Waals surface area contributed by atoms with Crippen molar-refractivity contribution in [2.24, 2.45) is 11.7 Å². The Kier molecular flexibility index (Phi) is 2.51. The van der Waals surface area contributed by atoms with E-state index in [1.165, 1.54) is 44.1 Å². The van der Waals surface area contributed by atoms with Crippen LogP contribution in [0.2, 0.25) is 0 Å². The Hall–Kier alpha value is -0.820. The van der Waals surface area contributed by atoms with Gasteiger partial charge in [0.05, 0.1) is 0 Å². The van der Waals surface area contributed by atoms with E-state index in [1.54, 1.807) is 0 Å². The van der Waals surface area contributed by atoms with E-state index in [2.05, 4.69) is 30.3 Å². The fourth-order valence-corrected chi connectivity index (χ4v) is 3.50. The van der Waals surface area contributed by atoms with Crippen molar-refractivity contribution in [1.82, 2.24) is 0 Å². The predicted molar refractivity (Wildman–Crippen MR) is 67.3 cm³/mol. The van der Waals surface area contributed by atoms with Crippen molar-refractivity contribution in [2.75, 3.05) is 0 Å². The summed E-state index contributed by atoms with van der Waals surface area (Å²) in [7, 11) is 0. The molecule has 1 heteroatoms. The molecule has 1 atom stereocenters. The van der Waals surface area contributed by atoms with Crippen LogP contribution in [0.1, 0.15) is 44.1 Å². The fourth-order valence-electron chi connectivity index (χ4n) is 3.50. The maximum Gasteiger partial charge on any atom is 0.0165 e. The zero-order valence-electron chi connectivity index (χ0n) is 9.86. The van der Waals surface area contributed by atoms with Crippen molar-refractivity contribution in [3.8, 4) is 0 Å². The van der Waals surface area contributed by atoms with Crippen molar-refractivity contribution < 1.29 is 0 Å². The average molecular weight is 215 g/mol. The minimum atomic E-state index is 0.308. The summed E-state index contributed by atoms with van der Waals surface area (Å²) >= 11 is 0. The summed E-state index contributed by atoms with van der Waals surface area (Å²) in [6.07, 6.45) is 8.03. The van der Waals surface area contributed by atoms with Crippen molar-refractivity contribution in [1.29, 1.82) is 0 Å². The first-order valence-electron chi connectivity index (χ1n) is 6.64. The summed E-state index contributed by atoms with van der Waals surface area (Å²) in [5.74, 6) is 0.804. The third-order valence-electron chi connectivity index (χ3n) is 4.61. The lowest BCUT2D eigenvalue weighted by Gasteiger charge is -2.36. The summed E-state index contributed by atoms with van der Waals surface area (Å²) in [5.41, 5.74) is 8.35. The molecule has 0 amide bonds.